The second-order valence-corrected chi connectivity index (χ2v) is 8.26. The third-order valence-corrected chi connectivity index (χ3v) is 6.60. The summed E-state index contributed by atoms with van der Waals surface area (Å²) in [6, 6.07) is 10.0. The minimum absolute atomic E-state index is 0.0102. The number of aromatic nitrogens is 4. The molecular weight excluding hydrogens is 386 g/mol. The number of carbonyl (C=O) groups is 1. The third kappa shape index (κ3) is 3.22. The monoisotopic (exact) mass is 407 g/mol. The molecule has 2 aliphatic heterocycles. The smallest absolute Gasteiger partial charge is 0.267 e. The van der Waals surface area contributed by atoms with Gasteiger partial charge < -0.3 is 9.64 Å². The van der Waals surface area contributed by atoms with E-state index in [9.17, 15) is 4.79 Å². The first kappa shape index (κ1) is 18.3. The van der Waals surface area contributed by atoms with Crippen LogP contribution in [0, 0.1) is 6.92 Å². The van der Waals surface area contributed by atoms with Crippen LogP contribution in [-0.4, -0.2) is 50.1 Å². The van der Waals surface area contributed by atoms with Crippen molar-refractivity contribution in [1.29, 1.82) is 0 Å². The Balaban J connectivity index is 1.42. The largest absolute Gasteiger partial charge is 0.368 e. The van der Waals surface area contributed by atoms with Gasteiger partial charge in [0, 0.05) is 24.8 Å². The van der Waals surface area contributed by atoms with Gasteiger partial charge in [-0.1, -0.05) is 34.8 Å². The molecule has 3 aromatic rings. The lowest BCUT2D eigenvalue weighted by molar-refractivity contribution is -0.0966. The van der Waals surface area contributed by atoms with E-state index in [1.807, 2.05) is 48.4 Å². The highest BCUT2D eigenvalue weighted by atomic mass is 32.1. The molecule has 0 N–H and O–H groups in total. The van der Waals surface area contributed by atoms with Gasteiger partial charge in [0.15, 0.2) is 5.82 Å². The Morgan fingerprint density at radius 1 is 1.21 bits per heavy atom. The summed E-state index contributed by atoms with van der Waals surface area (Å²) in [5.74, 6) is 0.732. The van der Waals surface area contributed by atoms with Gasteiger partial charge >= 0.3 is 0 Å². The molecule has 7 nitrogen and oxygen atoms in total. The molecule has 29 heavy (non-hydrogen) atoms. The maximum Gasteiger partial charge on any atom is 0.267 e. The maximum absolute atomic E-state index is 12.8. The molecule has 148 valence electrons. The molecule has 0 atom stereocenters. The van der Waals surface area contributed by atoms with Gasteiger partial charge in [0.1, 0.15) is 10.5 Å². The van der Waals surface area contributed by atoms with Crippen molar-refractivity contribution in [2.24, 2.45) is 0 Å². The molecule has 4 heterocycles. The summed E-state index contributed by atoms with van der Waals surface area (Å²) in [7, 11) is 0. The lowest BCUT2D eigenvalue weighted by atomic mass is 9.83. The number of aryl methyl sites for hydroxylation is 1. The number of fused-ring (bicyclic) bond motifs is 2. The van der Waals surface area contributed by atoms with Crippen LogP contribution in [0.3, 0.4) is 0 Å². The van der Waals surface area contributed by atoms with Gasteiger partial charge in [-0.05, 0) is 43.3 Å². The fraction of sp³-hybridized carbons (Fsp3) is 0.381. The summed E-state index contributed by atoms with van der Waals surface area (Å²) >= 11 is 1.16. The standard InChI is InChI=1S/C21H21N5O2S/c1-14-17(29-25-24-14)20(27)26-10-8-21(9-11-26)18-16(7-12-28-21)13-22-19(23-18)15-5-3-2-4-6-15/h2-6,13H,7-12H2,1H3. The highest BCUT2D eigenvalue weighted by molar-refractivity contribution is 7.07. The first-order valence-corrected chi connectivity index (χ1v) is 10.6. The van der Waals surface area contributed by atoms with Crippen LogP contribution in [0.1, 0.15) is 39.5 Å². The van der Waals surface area contributed by atoms with Crippen molar-refractivity contribution < 1.29 is 9.53 Å². The number of hydrogen-bond acceptors (Lipinski definition) is 7. The first-order chi connectivity index (χ1) is 14.2. The highest BCUT2D eigenvalue weighted by Crippen LogP contribution is 2.41. The van der Waals surface area contributed by atoms with Crippen LogP contribution in [0.2, 0.25) is 0 Å². The predicted molar refractivity (Wildman–Crippen MR) is 109 cm³/mol. The molecule has 0 aliphatic carbocycles. The quantitative estimate of drug-likeness (QED) is 0.650. The Labute approximate surface area is 172 Å². The van der Waals surface area contributed by atoms with Crippen LogP contribution < -0.4 is 0 Å². The van der Waals surface area contributed by atoms with Crippen LogP contribution in [0.15, 0.2) is 36.5 Å². The van der Waals surface area contributed by atoms with E-state index in [-0.39, 0.29) is 5.91 Å². The number of benzene rings is 1. The SMILES string of the molecule is Cc1nnsc1C(=O)N1CCC2(CC1)OCCc1cnc(-c3ccccc3)nc12. The summed E-state index contributed by atoms with van der Waals surface area (Å²) in [5.41, 5.74) is 3.38. The summed E-state index contributed by atoms with van der Waals surface area (Å²) in [6.45, 7) is 3.73. The number of piperidine rings is 1. The van der Waals surface area contributed by atoms with E-state index in [4.69, 9.17) is 9.72 Å². The zero-order valence-corrected chi connectivity index (χ0v) is 17.0. The van der Waals surface area contributed by atoms with Crippen LogP contribution >= 0.6 is 11.5 Å². The van der Waals surface area contributed by atoms with Gasteiger partial charge in [0.05, 0.1) is 18.0 Å². The Morgan fingerprint density at radius 2 is 2.00 bits per heavy atom. The summed E-state index contributed by atoms with van der Waals surface area (Å²) in [5, 5.41) is 3.96. The van der Waals surface area contributed by atoms with E-state index in [0.717, 1.165) is 53.4 Å². The number of ether oxygens (including phenoxy) is 1. The Bertz CT molecular complexity index is 1040. The molecule has 1 amide bonds. The van der Waals surface area contributed by atoms with Crippen molar-refractivity contribution in [2.75, 3.05) is 19.7 Å². The van der Waals surface area contributed by atoms with Gasteiger partial charge in [-0.25, -0.2) is 9.97 Å². The Hall–Kier alpha value is -2.71. The fourth-order valence-electron chi connectivity index (χ4n) is 4.16. The lowest BCUT2D eigenvalue weighted by Gasteiger charge is -2.44. The fourth-order valence-corrected chi connectivity index (χ4v) is 4.78. The average Bonchev–Trinajstić information content (AvgIpc) is 3.20. The first-order valence-electron chi connectivity index (χ1n) is 9.80. The minimum Gasteiger partial charge on any atom is -0.368 e. The number of likely N-dealkylation sites (tertiary alicyclic amines) is 1. The summed E-state index contributed by atoms with van der Waals surface area (Å²) < 4.78 is 10.2. The molecule has 0 radical (unpaired) electrons. The number of amides is 1. The topological polar surface area (TPSA) is 81.1 Å². The molecule has 1 fully saturated rings. The summed E-state index contributed by atoms with van der Waals surface area (Å²) in [6.07, 6.45) is 4.21. The van der Waals surface area contributed by atoms with Gasteiger partial charge in [-0.2, -0.15) is 0 Å². The molecule has 1 spiro atoms. The average molecular weight is 407 g/mol. The van der Waals surface area contributed by atoms with Crippen LogP contribution in [0.5, 0.6) is 0 Å². The molecule has 5 rings (SSSR count). The lowest BCUT2D eigenvalue weighted by Crippen LogP contribution is -2.49. The Kier molecular flexibility index (Phi) is 4.60. The molecular formula is C21H21N5O2S. The zero-order valence-electron chi connectivity index (χ0n) is 16.2. The maximum atomic E-state index is 12.8. The number of carbonyl (C=O) groups excluding carboxylic acids is 1. The minimum atomic E-state index is -0.447. The Morgan fingerprint density at radius 3 is 2.72 bits per heavy atom. The van der Waals surface area contributed by atoms with E-state index < -0.39 is 5.60 Å². The van der Waals surface area contributed by atoms with Crippen molar-refractivity contribution >= 4 is 17.4 Å². The van der Waals surface area contributed by atoms with Crippen molar-refractivity contribution in [3.63, 3.8) is 0 Å². The van der Waals surface area contributed by atoms with Crippen molar-refractivity contribution in [3.05, 3.63) is 58.4 Å². The van der Waals surface area contributed by atoms with Gasteiger partial charge in [0.25, 0.3) is 5.91 Å². The molecule has 0 bridgehead atoms. The number of hydrogen-bond donors (Lipinski definition) is 0. The molecule has 2 aromatic heterocycles. The molecule has 1 saturated heterocycles. The van der Waals surface area contributed by atoms with Crippen molar-refractivity contribution in [3.8, 4) is 11.4 Å². The predicted octanol–water partition coefficient (Wildman–Crippen LogP) is 3.01. The highest BCUT2D eigenvalue weighted by Gasteiger charge is 2.43. The molecule has 2 aliphatic rings. The molecule has 8 heteroatoms. The van der Waals surface area contributed by atoms with E-state index in [0.29, 0.717) is 30.3 Å². The van der Waals surface area contributed by atoms with E-state index in [1.54, 1.807) is 0 Å². The van der Waals surface area contributed by atoms with Gasteiger partial charge in [-0.15, -0.1) is 5.10 Å². The van der Waals surface area contributed by atoms with Crippen LogP contribution in [-0.2, 0) is 16.8 Å². The number of rotatable bonds is 2. The second-order valence-electron chi connectivity index (χ2n) is 7.51. The molecule has 0 saturated carbocycles. The van der Waals surface area contributed by atoms with Crippen LogP contribution in [0.25, 0.3) is 11.4 Å². The molecule has 0 unspecified atom stereocenters. The van der Waals surface area contributed by atoms with E-state index in [2.05, 4.69) is 14.6 Å². The van der Waals surface area contributed by atoms with Gasteiger partial charge in [0.2, 0.25) is 0 Å². The van der Waals surface area contributed by atoms with Crippen molar-refractivity contribution in [1.82, 2.24) is 24.5 Å². The zero-order chi connectivity index (χ0) is 19.8. The number of nitrogens with zero attached hydrogens (tertiary/aromatic N) is 5. The van der Waals surface area contributed by atoms with E-state index in [1.165, 1.54) is 0 Å². The summed E-state index contributed by atoms with van der Waals surface area (Å²) in [4.78, 5) is 24.9. The second kappa shape index (κ2) is 7.27. The molecule has 1 aromatic carbocycles. The van der Waals surface area contributed by atoms with Crippen LogP contribution in [0.4, 0.5) is 0 Å². The van der Waals surface area contributed by atoms with Crippen molar-refractivity contribution in [2.45, 2.75) is 31.8 Å². The normalized spacial score (nSPS) is 17.9. The third-order valence-electron chi connectivity index (χ3n) is 5.78. The van der Waals surface area contributed by atoms with E-state index >= 15 is 0 Å². The van der Waals surface area contributed by atoms with Gasteiger partial charge in [-0.3, -0.25) is 4.79 Å².